The minimum Gasteiger partial charge on any atom is -0.480 e. The molecule has 12 nitrogen and oxygen atoms in total. The van der Waals surface area contributed by atoms with Crippen molar-refractivity contribution in [2.75, 3.05) is 6.54 Å². The number of nitrogens with two attached hydrogens (primary N) is 3. The van der Waals surface area contributed by atoms with Gasteiger partial charge in [0.2, 0.25) is 23.6 Å². The van der Waals surface area contributed by atoms with Crippen LogP contribution in [0.4, 0.5) is 0 Å². The van der Waals surface area contributed by atoms with Crippen LogP contribution in [-0.2, 0) is 24.0 Å². The molecule has 0 saturated heterocycles. The molecule has 31 heavy (non-hydrogen) atoms. The van der Waals surface area contributed by atoms with Crippen LogP contribution >= 0.6 is 0 Å². The fraction of sp³-hybridized carbons (Fsp3) is 0.737. The molecule has 0 aromatic carbocycles. The molecule has 12 heteroatoms. The standard InChI is InChI=1S/C19H36N6O6/c1-4-10(2)15(19(30)31)25-16(27)11(3)23-18(29)13(9-14(22)26)24-17(28)12(21)7-5-6-8-20/h10-13,15H,4-9,20-21H2,1-3H3,(H2,22,26)(H,23,29)(H,24,28)(H,25,27)(H,30,31). The molecule has 178 valence electrons. The van der Waals surface area contributed by atoms with E-state index >= 15 is 0 Å². The van der Waals surface area contributed by atoms with Crippen molar-refractivity contribution in [1.29, 1.82) is 0 Å². The summed E-state index contributed by atoms with van der Waals surface area (Å²) in [6, 6.07) is -4.47. The topological polar surface area (TPSA) is 220 Å². The highest BCUT2D eigenvalue weighted by atomic mass is 16.4. The fourth-order valence-corrected chi connectivity index (χ4v) is 2.67. The second-order valence-electron chi connectivity index (χ2n) is 7.56. The lowest BCUT2D eigenvalue weighted by molar-refractivity contribution is -0.143. The fourth-order valence-electron chi connectivity index (χ4n) is 2.67. The Labute approximate surface area is 182 Å². The van der Waals surface area contributed by atoms with Gasteiger partial charge < -0.3 is 38.3 Å². The molecule has 10 N–H and O–H groups in total. The first-order valence-corrected chi connectivity index (χ1v) is 10.3. The second kappa shape index (κ2) is 14.3. The van der Waals surface area contributed by atoms with Gasteiger partial charge in [-0.3, -0.25) is 19.2 Å². The van der Waals surface area contributed by atoms with Crippen LogP contribution in [0.25, 0.3) is 0 Å². The van der Waals surface area contributed by atoms with Gasteiger partial charge in [-0.2, -0.15) is 0 Å². The zero-order valence-electron chi connectivity index (χ0n) is 18.3. The third kappa shape index (κ3) is 10.7. The van der Waals surface area contributed by atoms with E-state index in [1.807, 2.05) is 0 Å². The van der Waals surface area contributed by atoms with Crippen LogP contribution < -0.4 is 33.2 Å². The first-order chi connectivity index (χ1) is 14.4. The maximum atomic E-state index is 12.5. The number of amides is 4. The summed E-state index contributed by atoms with van der Waals surface area (Å²) in [7, 11) is 0. The zero-order valence-corrected chi connectivity index (χ0v) is 18.3. The van der Waals surface area contributed by atoms with Crippen LogP contribution in [0.2, 0.25) is 0 Å². The summed E-state index contributed by atoms with van der Waals surface area (Å²) in [5.41, 5.74) is 16.3. The predicted molar refractivity (Wildman–Crippen MR) is 113 cm³/mol. The van der Waals surface area contributed by atoms with Gasteiger partial charge in [0.25, 0.3) is 0 Å². The first kappa shape index (κ1) is 28.3. The zero-order chi connectivity index (χ0) is 24.1. The van der Waals surface area contributed by atoms with E-state index in [1.165, 1.54) is 6.92 Å². The van der Waals surface area contributed by atoms with Gasteiger partial charge in [-0.25, -0.2) is 4.79 Å². The largest absolute Gasteiger partial charge is 0.480 e. The molecule has 0 aromatic heterocycles. The van der Waals surface area contributed by atoms with Gasteiger partial charge in [0.15, 0.2) is 0 Å². The number of carbonyl (C=O) groups is 5. The van der Waals surface area contributed by atoms with Crippen LogP contribution in [0.15, 0.2) is 0 Å². The van der Waals surface area contributed by atoms with Gasteiger partial charge in [-0.15, -0.1) is 0 Å². The highest BCUT2D eigenvalue weighted by Crippen LogP contribution is 2.08. The number of primary amides is 1. The molecule has 5 atom stereocenters. The Bertz CT molecular complexity index is 643. The van der Waals surface area contributed by atoms with Crippen molar-refractivity contribution in [3.05, 3.63) is 0 Å². The van der Waals surface area contributed by atoms with Gasteiger partial charge in [0, 0.05) is 0 Å². The Morgan fingerprint density at radius 2 is 1.55 bits per heavy atom. The van der Waals surface area contributed by atoms with E-state index in [0.717, 1.165) is 0 Å². The van der Waals surface area contributed by atoms with E-state index < -0.39 is 60.2 Å². The third-order valence-electron chi connectivity index (χ3n) is 4.87. The minimum absolute atomic E-state index is 0.327. The predicted octanol–water partition coefficient (Wildman–Crippen LogP) is -2.08. The van der Waals surface area contributed by atoms with Crippen molar-refractivity contribution in [2.24, 2.45) is 23.1 Å². The molecule has 5 unspecified atom stereocenters. The van der Waals surface area contributed by atoms with E-state index in [9.17, 15) is 29.1 Å². The average molecular weight is 445 g/mol. The molecule has 0 aliphatic rings. The molecule has 0 bridgehead atoms. The number of nitrogens with one attached hydrogen (secondary N) is 3. The third-order valence-corrected chi connectivity index (χ3v) is 4.87. The number of hydrogen-bond acceptors (Lipinski definition) is 7. The van der Waals surface area contributed by atoms with Crippen LogP contribution in [0.3, 0.4) is 0 Å². The summed E-state index contributed by atoms with van der Waals surface area (Å²) in [5.74, 6) is -4.53. The van der Waals surface area contributed by atoms with Crippen LogP contribution in [0.1, 0.15) is 52.9 Å². The highest BCUT2D eigenvalue weighted by Gasteiger charge is 2.30. The molecule has 0 fully saturated rings. The van der Waals surface area contributed by atoms with Crippen molar-refractivity contribution < 1.29 is 29.1 Å². The lowest BCUT2D eigenvalue weighted by atomic mass is 9.99. The molecule has 0 aliphatic heterocycles. The second-order valence-corrected chi connectivity index (χ2v) is 7.56. The summed E-state index contributed by atoms with van der Waals surface area (Å²) in [6.07, 6.45) is 1.68. The van der Waals surface area contributed by atoms with Crippen molar-refractivity contribution in [3.63, 3.8) is 0 Å². The van der Waals surface area contributed by atoms with Crippen molar-refractivity contribution >= 4 is 29.6 Å². The number of aliphatic carboxylic acids is 1. The van der Waals surface area contributed by atoms with Gasteiger partial charge >= 0.3 is 5.97 Å². The van der Waals surface area contributed by atoms with Crippen LogP contribution in [0.5, 0.6) is 0 Å². The van der Waals surface area contributed by atoms with Gasteiger partial charge in [0.05, 0.1) is 12.5 Å². The normalized spacial score (nSPS) is 15.6. The Morgan fingerprint density at radius 3 is 2.03 bits per heavy atom. The monoisotopic (exact) mass is 444 g/mol. The van der Waals surface area contributed by atoms with Crippen LogP contribution in [-0.4, -0.2) is 65.4 Å². The van der Waals surface area contributed by atoms with Gasteiger partial charge in [-0.05, 0) is 32.2 Å². The van der Waals surface area contributed by atoms with E-state index in [-0.39, 0.29) is 5.92 Å². The Hall–Kier alpha value is -2.73. The Kier molecular flexibility index (Phi) is 13.0. The number of carbonyl (C=O) groups excluding carboxylic acids is 4. The number of carboxylic acid groups (broad SMARTS) is 1. The van der Waals surface area contributed by atoms with E-state index in [4.69, 9.17) is 17.2 Å². The number of unbranched alkanes of at least 4 members (excludes halogenated alkanes) is 1. The quantitative estimate of drug-likeness (QED) is 0.139. The smallest absolute Gasteiger partial charge is 0.326 e. The molecule has 4 amide bonds. The van der Waals surface area contributed by atoms with Crippen LogP contribution in [0, 0.1) is 5.92 Å². The average Bonchev–Trinajstić information content (AvgIpc) is 2.69. The van der Waals surface area contributed by atoms with E-state index in [1.54, 1.807) is 13.8 Å². The number of hydrogen-bond donors (Lipinski definition) is 7. The summed E-state index contributed by atoms with van der Waals surface area (Å²) in [5, 5.41) is 16.4. The summed E-state index contributed by atoms with van der Waals surface area (Å²) in [4.78, 5) is 59.8. The molecule has 0 aliphatic carbocycles. The van der Waals surface area contributed by atoms with Gasteiger partial charge in [-0.1, -0.05) is 26.7 Å². The molecule has 0 spiro atoms. The minimum atomic E-state index is -1.33. The first-order valence-electron chi connectivity index (χ1n) is 10.3. The van der Waals surface area contributed by atoms with Crippen molar-refractivity contribution in [1.82, 2.24) is 16.0 Å². The molecule has 0 heterocycles. The maximum Gasteiger partial charge on any atom is 0.326 e. The maximum absolute atomic E-state index is 12.5. The number of rotatable bonds is 15. The lowest BCUT2D eigenvalue weighted by Gasteiger charge is -2.24. The molecule has 0 aromatic rings. The van der Waals surface area contributed by atoms with E-state index in [2.05, 4.69) is 16.0 Å². The Morgan fingerprint density at radius 1 is 0.935 bits per heavy atom. The van der Waals surface area contributed by atoms with E-state index in [0.29, 0.717) is 32.2 Å². The molecular formula is C19H36N6O6. The summed E-state index contributed by atoms with van der Waals surface area (Å²) >= 11 is 0. The molecule has 0 rings (SSSR count). The SMILES string of the molecule is CCC(C)C(NC(=O)C(C)NC(=O)C(CC(N)=O)NC(=O)C(N)CCCCN)C(=O)O. The van der Waals surface area contributed by atoms with Crippen molar-refractivity contribution in [2.45, 2.75) is 77.0 Å². The summed E-state index contributed by atoms with van der Waals surface area (Å²) < 4.78 is 0. The number of carboxylic acids is 1. The summed E-state index contributed by atoms with van der Waals surface area (Å²) in [6.45, 7) is 5.28. The highest BCUT2D eigenvalue weighted by molar-refractivity contribution is 5.96. The lowest BCUT2D eigenvalue weighted by Crippen LogP contribution is -2.57. The molecule has 0 saturated carbocycles. The molecular weight excluding hydrogens is 408 g/mol. The van der Waals surface area contributed by atoms with Crippen molar-refractivity contribution in [3.8, 4) is 0 Å². The Balaban J connectivity index is 5.05. The molecule has 0 radical (unpaired) electrons. The van der Waals surface area contributed by atoms with Gasteiger partial charge in [0.1, 0.15) is 18.1 Å².